The number of hydrogen-bond donors (Lipinski definition) is 1. The molecule has 0 spiro atoms. The molecule has 1 rings (SSSR count). The second-order valence-electron chi connectivity index (χ2n) is 2.50. The van der Waals surface area contributed by atoms with E-state index in [-0.39, 0.29) is 12.0 Å². The lowest BCUT2D eigenvalue weighted by Gasteiger charge is -2.04. The van der Waals surface area contributed by atoms with Crippen molar-refractivity contribution in [1.29, 1.82) is 0 Å². The van der Waals surface area contributed by atoms with Crippen molar-refractivity contribution in [2.45, 2.75) is 12.5 Å². The average Bonchev–Trinajstić information content (AvgIpc) is 2.52. The summed E-state index contributed by atoms with van der Waals surface area (Å²) in [5, 5.41) is 6.69. The van der Waals surface area contributed by atoms with Crippen LogP contribution in [0.4, 0.5) is 0 Å². The normalized spacial score (nSPS) is 25.8. The molecule has 1 aliphatic heterocycles. The highest BCUT2D eigenvalue weighted by Gasteiger charge is 2.27. The van der Waals surface area contributed by atoms with Crippen LogP contribution in [0.2, 0.25) is 0 Å². The van der Waals surface area contributed by atoms with Crippen molar-refractivity contribution >= 4 is 11.7 Å². The first kappa shape index (κ1) is 8.99. The molecule has 1 N–H and O–H groups in total. The van der Waals surface area contributed by atoms with Crippen LogP contribution in [0.15, 0.2) is 5.16 Å². The van der Waals surface area contributed by atoms with Crippen LogP contribution >= 0.6 is 0 Å². The molecule has 68 valence electrons. The summed E-state index contributed by atoms with van der Waals surface area (Å²) >= 11 is 0. The monoisotopic (exact) mass is 172 g/mol. The van der Waals surface area contributed by atoms with E-state index in [1.54, 1.807) is 0 Å². The maximum Gasteiger partial charge on any atom is 0.323 e. The van der Waals surface area contributed by atoms with Gasteiger partial charge in [-0.25, -0.2) is 0 Å². The van der Waals surface area contributed by atoms with Crippen molar-refractivity contribution in [3.8, 4) is 0 Å². The number of carbonyl (C=O) groups excluding carboxylic acids is 1. The van der Waals surface area contributed by atoms with Crippen molar-refractivity contribution < 1.29 is 14.4 Å². The molecule has 1 heterocycles. The average molecular weight is 172 g/mol. The van der Waals surface area contributed by atoms with E-state index >= 15 is 0 Å². The first-order valence-corrected chi connectivity index (χ1v) is 3.68. The lowest BCUT2D eigenvalue weighted by atomic mass is 10.2. The summed E-state index contributed by atoms with van der Waals surface area (Å²) in [6.07, 6.45) is 0.570. The minimum absolute atomic E-state index is 0.253. The lowest BCUT2D eigenvalue weighted by Crippen LogP contribution is -2.31. The molecule has 0 aromatic rings. The largest absolute Gasteiger partial charge is 0.468 e. The number of hydrogen-bond acceptors (Lipinski definition) is 5. The van der Waals surface area contributed by atoms with Crippen LogP contribution in [-0.4, -0.2) is 38.5 Å². The zero-order valence-electron chi connectivity index (χ0n) is 7.16. The highest BCUT2D eigenvalue weighted by molar-refractivity contribution is 5.94. The highest BCUT2D eigenvalue weighted by atomic mass is 16.6. The zero-order chi connectivity index (χ0) is 8.97. The first-order chi connectivity index (χ1) is 5.77. The van der Waals surface area contributed by atoms with Gasteiger partial charge in [-0.3, -0.25) is 10.1 Å². The number of methoxy groups -OCH3 is 1. The van der Waals surface area contributed by atoms with Gasteiger partial charge in [0.25, 0.3) is 0 Å². The van der Waals surface area contributed by atoms with Gasteiger partial charge in [0.1, 0.15) is 13.2 Å². The second-order valence-corrected chi connectivity index (χ2v) is 2.50. The predicted molar refractivity (Wildman–Crippen MR) is 42.9 cm³/mol. The molecular formula is C7H12N2O3. The van der Waals surface area contributed by atoms with Crippen molar-refractivity contribution in [2.24, 2.45) is 5.16 Å². The lowest BCUT2D eigenvalue weighted by molar-refractivity contribution is -0.142. The molecule has 0 bridgehead atoms. The fraction of sp³-hybridized carbons (Fsp3) is 0.714. The molecule has 5 nitrogen and oxygen atoms in total. The van der Waals surface area contributed by atoms with E-state index < -0.39 is 0 Å². The topological polar surface area (TPSA) is 59.9 Å². The van der Waals surface area contributed by atoms with E-state index in [1.807, 2.05) is 0 Å². The molecular weight excluding hydrogens is 160 g/mol. The SMILES string of the molecule is CO/N=C1/CN[C@H](C(=O)OC)C1. The minimum Gasteiger partial charge on any atom is -0.468 e. The van der Waals surface area contributed by atoms with Crippen molar-refractivity contribution in [2.75, 3.05) is 20.8 Å². The van der Waals surface area contributed by atoms with E-state index in [4.69, 9.17) is 0 Å². The molecule has 1 aliphatic rings. The molecule has 0 aromatic carbocycles. The zero-order valence-corrected chi connectivity index (χ0v) is 7.16. The van der Waals surface area contributed by atoms with Crippen molar-refractivity contribution in [3.63, 3.8) is 0 Å². The van der Waals surface area contributed by atoms with E-state index in [0.717, 1.165) is 5.71 Å². The molecule has 0 unspecified atom stereocenters. The summed E-state index contributed by atoms with van der Waals surface area (Å²) in [7, 11) is 2.86. The molecule has 0 amide bonds. The van der Waals surface area contributed by atoms with Crippen LogP contribution in [0, 0.1) is 0 Å². The Bertz CT molecular complexity index is 203. The number of ether oxygens (including phenoxy) is 1. The van der Waals surface area contributed by atoms with Crippen LogP contribution in [0.5, 0.6) is 0 Å². The minimum atomic E-state index is -0.260. The summed E-state index contributed by atoms with van der Waals surface area (Å²) in [6.45, 7) is 0.591. The van der Waals surface area contributed by atoms with Crippen LogP contribution in [0.25, 0.3) is 0 Å². The third kappa shape index (κ3) is 1.94. The Labute approximate surface area is 70.7 Å². The summed E-state index contributed by atoms with van der Waals surface area (Å²) in [5.74, 6) is -0.253. The summed E-state index contributed by atoms with van der Waals surface area (Å²) in [5.41, 5.74) is 0.841. The summed E-state index contributed by atoms with van der Waals surface area (Å²) in [6, 6.07) is -0.260. The third-order valence-corrected chi connectivity index (χ3v) is 1.70. The van der Waals surface area contributed by atoms with Gasteiger partial charge < -0.3 is 9.57 Å². The van der Waals surface area contributed by atoms with Gasteiger partial charge in [-0.1, -0.05) is 5.16 Å². The van der Waals surface area contributed by atoms with Gasteiger partial charge in [0.05, 0.1) is 12.8 Å². The van der Waals surface area contributed by atoms with Gasteiger partial charge in [-0.2, -0.15) is 0 Å². The quantitative estimate of drug-likeness (QED) is 0.451. The maximum atomic E-state index is 11.0. The molecule has 5 heteroatoms. The standard InChI is InChI=1S/C7H12N2O3/c1-11-7(10)6-3-5(4-8-6)9-12-2/h6,8H,3-4H2,1-2H3/b9-5+/t6-/m0/s1. The molecule has 1 saturated heterocycles. The van der Waals surface area contributed by atoms with Crippen molar-refractivity contribution in [1.82, 2.24) is 5.32 Å². The van der Waals surface area contributed by atoms with Crippen LogP contribution in [0.3, 0.4) is 0 Å². The second kappa shape index (κ2) is 4.06. The molecule has 12 heavy (non-hydrogen) atoms. The van der Waals surface area contributed by atoms with E-state index in [0.29, 0.717) is 13.0 Å². The third-order valence-electron chi connectivity index (χ3n) is 1.70. The van der Waals surface area contributed by atoms with Gasteiger partial charge in [-0.15, -0.1) is 0 Å². The smallest absolute Gasteiger partial charge is 0.323 e. The Hall–Kier alpha value is -1.10. The number of oxime groups is 1. The Morgan fingerprint density at radius 3 is 3.00 bits per heavy atom. The van der Waals surface area contributed by atoms with Gasteiger partial charge >= 0.3 is 5.97 Å². The van der Waals surface area contributed by atoms with E-state index in [9.17, 15) is 4.79 Å². The van der Waals surface area contributed by atoms with Crippen LogP contribution in [0.1, 0.15) is 6.42 Å². The van der Waals surface area contributed by atoms with Gasteiger partial charge in [-0.05, 0) is 0 Å². The first-order valence-electron chi connectivity index (χ1n) is 3.68. The number of rotatable bonds is 2. The number of esters is 1. The molecule has 1 atom stereocenters. The molecule has 0 aromatic heterocycles. The van der Waals surface area contributed by atoms with E-state index in [1.165, 1.54) is 14.2 Å². The highest BCUT2D eigenvalue weighted by Crippen LogP contribution is 2.04. The van der Waals surface area contributed by atoms with Crippen LogP contribution < -0.4 is 5.32 Å². The maximum absolute atomic E-state index is 11.0. The Kier molecular flexibility index (Phi) is 3.04. The molecule has 1 fully saturated rings. The van der Waals surface area contributed by atoms with Crippen molar-refractivity contribution in [3.05, 3.63) is 0 Å². The summed E-state index contributed by atoms with van der Waals surface area (Å²) in [4.78, 5) is 15.6. The Morgan fingerprint density at radius 2 is 2.42 bits per heavy atom. The predicted octanol–water partition coefficient (Wildman–Crippen LogP) is -0.476. The van der Waals surface area contributed by atoms with Gasteiger partial charge in [0.2, 0.25) is 0 Å². The molecule has 0 radical (unpaired) electrons. The van der Waals surface area contributed by atoms with Gasteiger partial charge in [0.15, 0.2) is 0 Å². The number of carbonyl (C=O) groups is 1. The Morgan fingerprint density at radius 1 is 1.67 bits per heavy atom. The number of nitrogens with one attached hydrogen (secondary N) is 1. The molecule has 0 saturated carbocycles. The Balaban J connectivity index is 2.45. The van der Waals surface area contributed by atoms with Gasteiger partial charge in [0, 0.05) is 13.0 Å². The van der Waals surface area contributed by atoms with E-state index in [2.05, 4.69) is 20.0 Å². The number of nitrogens with zero attached hydrogens (tertiary/aromatic N) is 1. The fourth-order valence-electron chi connectivity index (χ4n) is 1.13. The summed E-state index contributed by atoms with van der Waals surface area (Å²) < 4.78 is 4.56. The van der Waals surface area contributed by atoms with Crippen LogP contribution in [-0.2, 0) is 14.4 Å². The molecule has 0 aliphatic carbocycles. The fourth-order valence-corrected chi connectivity index (χ4v) is 1.13.